The van der Waals surface area contributed by atoms with E-state index in [0.717, 1.165) is 7.11 Å². The van der Waals surface area contributed by atoms with Crippen molar-refractivity contribution in [2.45, 2.75) is 11.8 Å². The van der Waals surface area contributed by atoms with Gasteiger partial charge in [0.2, 0.25) is 0 Å². The van der Waals surface area contributed by atoms with Crippen LogP contribution in [-0.4, -0.2) is 64.2 Å². The van der Waals surface area contributed by atoms with Gasteiger partial charge in [-0.2, -0.15) is 0 Å². The third kappa shape index (κ3) is 3.62. The Morgan fingerprint density at radius 2 is 1.91 bits per heavy atom. The third-order valence-corrected chi connectivity index (χ3v) is 3.20. The van der Waals surface area contributed by atoms with Crippen molar-refractivity contribution in [3.8, 4) is 0 Å². The Balaban J connectivity index is 3.24. The van der Waals surface area contributed by atoms with Gasteiger partial charge in [0.05, 0.1) is 29.8 Å². The number of nitrogens with one attached hydrogen (secondary N) is 1. The maximum Gasteiger partial charge on any atom is 0.346 e. The first kappa shape index (κ1) is 18.5. The lowest BCUT2D eigenvalue weighted by atomic mass is 10.0. The quantitative estimate of drug-likeness (QED) is 0.204. The maximum absolute atomic E-state index is 12.3. The molecule has 1 aromatic rings. The highest BCUT2D eigenvalue weighted by Gasteiger charge is 2.51. The Morgan fingerprint density at radius 1 is 1.35 bits per heavy atom. The second-order valence-electron chi connectivity index (χ2n) is 4.53. The molecule has 0 aliphatic rings. The van der Waals surface area contributed by atoms with Crippen LogP contribution in [-0.2, 0) is 4.74 Å². The van der Waals surface area contributed by atoms with E-state index in [1.807, 2.05) is 5.32 Å². The number of carbonyl (C=O) groups excluding carboxylic acids is 2. The molecular formula is C13H16N2O8. The van der Waals surface area contributed by atoms with E-state index >= 15 is 0 Å². The summed E-state index contributed by atoms with van der Waals surface area (Å²) in [4.78, 5) is 33.9. The summed E-state index contributed by atoms with van der Waals surface area (Å²) in [6, 6.07) is 5.36. The van der Waals surface area contributed by atoms with Gasteiger partial charge in [-0.05, 0) is 12.1 Å². The van der Waals surface area contributed by atoms with Gasteiger partial charge in [-0.3, -0.25) is 20.2 Å². The molecular weight excluding hydrogens is 312 g/mol. The van der Waals surface area contributed by atoms with E-state index in [0.29, 0.717) is 0 Å². The molecule has 0 saturated heterocycles. The Labute approximate surface area is 130 Å². The van der Waals surface area contributed by atoms with Crippen LogP contribution in [0.15, 0.2) is 24.3 Å². The molecule has 0 spiro atoms. The highest BCUT2D eigenvalue weighted by atomic mass is 16.6. The zero-order valence-electron chi connectivity index (χ0n) is 12.1. The lowest BCUT2D eigenvalue weighted by Gasteiger charge is -2.27. The van der Waals surface area contributed by atoms with Gasteiger partial charge in [-0.25, -0.2) is 4.79 Å². The van der Waals surface area contributed by atoms with Gasteiger partial charge in [0, 0.05) is 0 Å². The molecule has 0 aliphatic heterocycles. The summed E-state index contributed by atoms with van der Waals surface area (Å²) in [6.45, 7) is -2.34. The van der Waals surface area contributed by atoms with E-state index in [2.05, 4.69) is 4.74 Å². The summed E-state index contributed by atoms with van der Waals surface area (Å²) >= 11 is 0. The number of methoxy groups -OCH3 is 1. The van der Waals surface area contributed by atoms with Gasteiger partial charge in [0.25, 0.3) is 5.91 Å². The van der Waals surface area contributed by atoms with Crippen molar-refractivity contribution in [2.24, 2.45) is 0 Å². The van der Waals surface area contributed by atoms with Crippen molar-refractivity contribution in [3.63, 3.8) is 0 Å². The molecule has 4 N–H and O–H groups in total. The summed E-state index contributed by atoms with van der Waals surface area (Å²) in [5.74, 6) is -1.93. The van der Waals surface area contributed by atoms with E-state index < -0.39 is 41.8 Å². The lowest BCUT2D eigenvalue weighted by molar-refractivity contribution is -0.592. The highest BCUT2D eigenvalue weighted by Crippen LogP contribution is 2.16. The number of benzene rings is 1. The van der Waals surface area contributed by atoms with Gasteiger partial charge in [-0.1, -0.05) is 12.1 Å². The molecule has 0 heterocycles. The van der Waals surface area contributed by atoms with Crippen molar-refractivity contribution >= 4 is 11.9 Å². The zero-order chi connectivity index (χ0) is 17.6. The fraction of sp³-hybridized carbons (Fsp3) is 0.385. The molecule has 2 unspecified atom stereocenters. The van der Waals surface area contributed by atoms with Crippen LogP contribution in [0.4, 0.5) is 0 Å². The van der Waals surface area contributed by atoms with Crippen molar-refractivity contribution in [3.05, 3.63) is 45.5 Å². The van der Waals surface area contributed by atoms with Gasteiger partial charge in [-0.15, -0.1) is 0 Å². The van der Waals surface area contributed by atoms with E-state index in [9.17, 15) is 29.9 Å². The smallest absolute Gasteiger partial charge is 0.346 e. The fourth-order valence-electron chi connectivity index (χ4n) is 1.84. The number of nitrogens with zero attached hydrogens (tertiary/aromatic N) is 1. The number of aliphatic hydroxyl groups excluding tert-OH is 3. The molecule has 0 aliphatic carbocycles. The number of aliphatic hydroxyl groups is 3. The van der Waals surface area contributed by atoms with E-state index in [4.69, 9.17) is 5.11 Å². The van der Waals surface area contributed by atoms with Crippen LogP contribution in [0.3, 0.4) is 0 Å². The largest absolute Gasteiger partial charge is 0.465 e. The summed E-state index contributed by atoms with van der Waals surface area (Å²) < 4.78 is 4.51. The normalized spacial score (nSPS) is 14.4. The Bertz CT molecular complexity index is 605. The Kier molecular flexibility index (Phi) is 6.13. The van der Waals surface area contributed by atoms with Crippen LogP contribution in [0.1, 0.15) is 20.7 Å². The van der Waals surface area contributed by atoms with Gasteiger partial charge in [0.1, 0.15) is 6.61 Å². The number of amides is 1. The first-order valence-corrected chi connectivity index (χ1v) is 6.38. The van der Waals surface area contributed by atoms with Crippen molar-refractivity contribution in [2.75, 3.05) is 20.3 Å². The van der Waals surface area contributed by atoms with E-state index in [1.165, 1.54) is 24.3 Å². The van der Waals surface area contributed by atoms with Crippen LogP contribution >= 0.6 is 0 Å². The standard InChI is InChI=1S/C13H16N2O8/c1-23-12(20)9-5-3-2-4-8(9)11(19)14-13(7-17,15(21)22)10(18)6-16/h2-5,10,16-18H,6-7H2,1H3,(H,14,19). The molecule has 1 rings (SSSR count). The monoisotopic (exact) mass is 328 g/mol. The summed E-state index contributed by atoms with van der Waals surface area (Å²) in [5, 5.41) is 40.8. The average Bonchev–Trinajstić information content (AvgIpc) is 2.57. The van der Waals surface area contributed by atoms with Gasteiger partial charge < -0.3 is 20.1 Å². The van der Waals surface area contributed by atoms with Crippen LogP contribution in [0.25, 0.3) is 0 Å². The average molecular weight is 328 g/mol. The highest BCUT2D eigenvalue weighted by molar-refractivity contribution is 6.05. The Morgan fingerprint density at radius 3 is 2.35 bits per heavy atom. The molecule has 0 saturated carbocycles. The number of esters is 1. The predicted octanol–water partition coefficient (Wildman–Crippen LogP) is -1.48. The number of hydrogen-bond donors (Lipinski definition) is 4. The number of rotatable bonds is 7. The molecule has 10 heteroatoms. The van der Waals surface area contributed by atoms with Crippen molar-refractivity contribution < 1.29 is 34.6 Å². The second kappa shape index (κ2) is 7.63. The SMILES string of the molecule is COC(=O)c1ccccc1C(=O)NC(CO)(C(O)CO)[N+](=O)[O-]. The van der Waals surface area contributed by atoms with Crippen LogP contribution in [0.5, 0.6) is 0 Å². The van der Waals surface area contributed by atoms with Crippen molar-refractivity contribution in [1.82, 2.24) is 5.32 Å². The predicted molar refractivity (Wildman–Crippen MR) is 75.2 cm³/mol. The molecule has 0 bridgehead atoms. The van der Waals surface area contributed by atoms with E-state index in [1.54, 1.807) is 0 Å². The Hall–Kier alpha value is -2.56. The maximum atomic E-state index is 12.3. The minimum Gasteiger partial charge on any atom is -0.465 e. The second-order valence-corrected chi connectivity index (χ2v) is 4.53. The van der Waals surface area contributed by atoms with Crippen molar-refractivity contribution in [1.29, 1.82) is 0 Å². The van der Waals surface area contributed by atoms with E-state index in [-0.39, 0.29) is 11.1 Å². The number of carbonyl (C=O) groups is 2. The molecule has 1 aromatic carbocycles. The molecule has 126 valence electrons. The van der Waals surface area contributed by atoms with Crippen LogP contribution in [0.2, 0.25) is 0 Å². The summed E-state index contributed by atoms with van der Waals surface area (Å²) in [7, 11) is 1.10. The first-order valence-electron chi connectivity index (χ1n) is 6.38. The lowest BCUT2D eigenvalue weighted by Crippen LogP contribution is -2.65. The fourth-order valence-corrected chi connectivity index (χ4v) is 1.84. The first-order chi connectivity index (χ1) is 10.8. The van der Waals surface area contributed by atoms with Gasteiger partial charge in [0.15, 0.2) is 6.10 Å². The third-order valence-electron chi connectivity index (χ3n) is 3.20. The summed E-state index contributed by atoms with van der Waals surface area (Å²) in [5.41, 5.74) is -3.11. The van der Waals surface area contributed by atoms with Crippen LogP contribution in [0, 0.1) is 10.1 Å². The minimum atomic E-state index is -2.71. The molecule has 2 atom stereocenters. The molecule has 0 fully saturated rings. The van der Waals surface area contributed by atoms with Crippen LogP contribution < -0.4 is 5.32 Å². The van der Waals surface area contributed by atoms with Gasteiger partial charge >= 0.3 is 11.6 Å². The molecule has 10 nitrogen and oxygen atoms in total. The molecule has 0 aromatic heterocycles. The number of ether oxygens (including phenoxy) is 1. The minimum absolute atomic E-state index is 0.152. The number of nitro groups is 1. The summed E-state index contributed by atoms with van der Waals surface area (Å²) in [6.07, 6.45) is -2.06. The molecule has 0 radical (unpaired) electrons. The number of hydrogen-bond acceptors (Lipinski definition) is 8. The zero-order valence-corrected chi connectivity index (χ0v) is 12.1. The topological polar surface area (TPSA) is 159 Å². The molecule has 1 amide bonds. The molecule has 23 heavy (non-hydrogen) atoms.